The zero-order valence-electron chi connectivity index (χ0n) is 10.8. The van der Waals surface area contributed by atoms with Gasteiger partial charge in [0, 0.05) is 0 Å². The molecule has 2 aliphatic rings. The zero-order chi connectivity index (χ0) is 13.2. The van der Waals surface area contributed by atoms with Gasteiger partial charge in [0.2, 0.25) is 0 Å². The van der Waals surface area contributed by atoms with Crippen molar-refractivity contribution in [2.75, 3.05) is 0 Å². The molecular formula is C14H23F3O. The van der Waals surface area contributed by atoms with Gasteiger partial charge in [0.15, 0.2) is 0 Å². The van der Waals surface area contributed by atoms with Gasteiger partial charge in [-0.25, -0.2) is 0 Å². The van der Waals surface area contributed by atoms with Crippen molar-refractivity contribution in [2.45, 2.75) is 70.1 Å². The van der Waals surface area contributed by atoms with Crippen LogP contribution in [-0.4, -0.2) is 17.4 Å². The average molecular weight is 264 g/mol. The first-order valence-electron chi connectivity index (χ1n) is 7.25. The predicted molar refractivity (Wildman–Crippen MR) is 64.1 cm³/mol. The van der Waals surface area contributed by atoms with Crippen LogP contribution in [0.5, 0.6) is 0 Å². The van der Waals surface area contributed by atoms with Gasteiger partial charge in [-0.05, 0) is 37.5 Å². The Labute approximate surface area is 107 Å². The maximum Gasteiger partial charge on any atom is 0.392 e. The van der Waals surface area contributed by atoms with Crippen molar-refractivity contribution in [1.82, 2.24) is 0 Å². The summed E-state index contributed by atoms with van der Waals surface area (Å²) in [7, 11) is 0. The van der Waals surface area contributed by atoms with Crippen LogP contribution in [0, 0.1) is 17.8 Å². The van der Waals surface area contributed by atoms with Crippen molar-refractivity contribution in [3.63, 3.8) is 0 Å². The largest absolute Gasteiger partial charge is 0.393 e. The molecule has 0 spiro atoms. The van der Waals surface area contributed by atoms with Crippen LogP contribution in [0.1, 0.15) is 57.8 Å². The average Bonchev–Trinajstić information content (AvgIpc) is 2.38. The summed E-state index contributed by atoms with van der Waals surface area (Å²) in [5.41, 5.74) is 0. The summed E-state index contributed by atoms with van der Waals surface area (Å²) in [6.07, 6.45) is 2.45. The van der Waals surface area contributed by atoms with Crippen molar-refractivity contribution in [2.24, 2.45) is 17.8 Å². The number of hydrogen-bond acceptors (Lipinski definition) is 1. The second-order valence-corrected chi connectivity index (χ2v) is 5.99. The lowest BCUT2D eigenvalue weighted by Gasteiger charge is -2.40. The molecule has 0 amide bonds. The number of aliphatic hydroxyl groups excluding tert-OH is 1. The second-order valence-electron chi connectivity index (χ2n) is 5.99. The molecule has 0 heterocycles. The van der Waals surface area contributed by atoms with Crippen LogP contribution >= 0.6 is 0 Å². The normalized spacial score (nSPS) is 33.3. The molecule has 3 atom stereocenters. The first-order valence-corrected chi connectivity index (χ1v) is 7.25. The number of aliphatic hydroxyl groups is 1. The van der Waals surface area contributed by atoms with Gasteiger partial charge in [-0.1, -0.05) is 32.1 Å². The van der Waals surface area contributed by atoms with E-state index in [4.69, 9.17) is 0 Å². The fourth-order valence-electron chi connectivity index (χ4n) is 3.80. The Morgan fingerprint density at radius 1 is 0.833 bits per heavy atom. The Bertz CT molecular complexity index is 258. The van der Waals surface area contributed by atoms with Gasteiger partial charge < -0.3 is 5.11 Å². The molecule has 0 aromatic carbocycles. The van der Waals surface area contributed by atoms with E-state index in [9.17, 15) is 18.3 Å². The topological polar surface area (TPSA) is 20.2 Å². The maximum absolute atomic E-state index is 13.0. The van der Waals surface area contributed by atoms with E-state index in [1.807, 2.05) is 0 Å². The van der Waals surface area contributed by atoms with E-state index >= 15 is 0 Å². The monoisotopic (exact) mass is 264 g/mol. The number of halogens is 3. The van der Waals surface area contributed by atoms with E-state index < -0.39 is 24.1 Å². The molecule has 106 valence electrons. The van der Waals surface area contributed by atoms with E-state index in [-0.39, 0.29) is 12.3 Å². The van der Waals surface area contributed by atoms with Crippen molar-refractivity contribution >= 4 is 0 Å². The third kappa shape index (κ3) is 3.19. The summed E-state index contributed by atoms with van der Waals surface area (Å²) in [5.74, 6) is -1.73. The van der Waals surface area contributed by atoms with Gasteiger partial charge in [0.25, 0.3) is 0 Å². The minimum Gasteiger partial charge on any atom is -0.393 e. The van der Waals surface area contributed by atoms with Crippen molar-refractivity contribution < 1.29 is 18.3 Å². The number of rotatable bonds is 2. The van der Waals surface area contributed by atoms with E-state index in [0.29, 0.717) is 12.8 Å². The van der Waals surface area contributed by atoms with Gasteiger partial charge in [0.1, 0.15) is 0 Å². The van der Waals surface area contributed by atoms with Gasteiger partial charge in [-0.15, -0.1) is 0 Å². The van der Waals surface area contributed by atoms with Crippen molar-refractivity contribution in [3.8, 4) is 0 Å². The Morgan fingerprint density at radius 2 is 1.39 bits per heavy atom. The van der Waals surface area contributed by atoms with Gasteiger partial charge in [-0.2, -0.15) is 13.2 Å². The number of hydrogen-bond donors (Lipinski definition) is 1. The molecule has 0 aromatic heterocycles. The van der Waals surface area contributed by atoms with Gasteiger partial charge in [0.05, 0.1) is 12.0 Å². The lowest BCUT2D eigenvalue weighted by molar-refractivity contribution is -0.210. The highest BCUT2D eigenvalue weighted by molar-refractivity contribution is 4.88. The predicted octanol–water partition coefficient (Wildman–Crippen LogP) is 4.30. The highest BCUT2D eigenvalue weighted by Gasteiger charge is 2.48. The molecule has 0 saturated heterocycles. The lowest BCUT2D eigenvalue weighted by atomic mass is 9.70. The first-order chi connectivity index (χ1) is 8.50. The second kappa shape index (κ2) is 5.81. The Morgan fingerprint density at radius 3 is 2.00 bits per heavy atom. The van der Waals surface area contributed by atoms with Crippen molar-refractivity contribution in [3.05, 3.63) is 0 Å². The summed E-state index contributed by atoms with van der Waals surface area (Å²) in [4.78, 5) is 0. The summed E-state index contributed by atoms with van der Waals surface area (Å²) >= 11 is 0. The Kier molecular flexibility index (Phi) is 4.57. The molecule has 2 saturated carbocycles. The minimum atomic E-state index is -4.14. The smallest absolute Gasteiger partial charge is 0.392 e. The van der Waals surface area contributed by atoms with E-state index in [1.165, 1.54) is 0 Å². The summed E-state index contributed by atoms with van der Waals surface area (Å²) < 4.78 is 39.0. The molecule has 1 N–H and O–H groups in total. The molecule has 0 aliphatic heterocycles. The fourth-order valence-corrected chi connectivity index (χ4v) is 3.80. The third-order valence-electron chi connectivity index (χ3n) is 4.81. The minimum absolute atomic E-state index is 0.103. The SMILES string of the molecule is OC(C1CCCCC1)C1CCCCC1C(F)(F)F. The third-order valence-corrected chi connectivity index (χ3v) is 4.81. The van der Waals surface area contributed by atoms with Crippen LogP contribution in [0.15, 0.2) is 0 Å². The molecule has 4 heteroatoms. The van der Waals surface area contributed by atoms with Gasteiger partial charge in [-0.3, -0.25) is 0 Å². The number of alkyl halides is 3. The molecule has 18 heavy (non-hydrogen) atoms. The Hall–Kier alpha value is -0.250. The molecule has 2 fully saturated rings. The molecule has 1 nitrogen and oxygen atoms in total. The van der Waals surface area contributed by atoms with Crippen LogP contribution in [-0.2, 0) is 0 Å². The maximum atomic E-state index is 13.0. The highest BCUT2D eigenvalue weighted by atomic mass is 19.4. The molecule has 3 unspecified atom stereocenters. The molecule has 0 bridgehead atoms. The molecule has 0 radical (unpaired) electrons. The zero-order valence-corrected chi connectivity index (χ0v) is 10.8. The highest BCUT2D eigenvalue weighted by Crippen LogP contribution is 2.45. The van der Waals surface area contributed by atoms with E-state index in [1.54, 1.807) is 0 Å². The molecule has 0 aromatic rings. The van der Waals surface area contributed by atoms with Crippen LogP contribution in [0.3, 0.4) is 0 Å². The van der Waals surface area contributed by atoms with Gasteiger partial charge >= 0.3 is 6.18 Å². The van der Waals surface area contributed by atoms with E-state index in [2.05, 4.69) is 0 Å². The van der Waals surface area contributed by atoms with Crippen LogP contribution in [0.2, 0.25) is 0 Å². The summed E-state index contributed by atoms with van der Waals surface area (Å²) in [6.45, 7) is 0. The molecular weight excluding hydrogens is 241 g/mol. The van der Waals surface area contributed by atoms with Crippen molar-refractivity contribution in [1.29, 1.82) is 0 Å². The summed E-state index contributed by atoms with van der Waals surface area (Å²) in [6, 6.07) is 0. The molecule has 2 aliphatic carbocycles. The van der Waals surface area contributed by atoms with Crippen LogP contribution in [0.25, 0.3) is 0 Å². The van der Waals surface area contributed by atoms with Crippen LogP contribution in [0.4, 0.5) is 13.2 Å². The molecule has 2 rings (SSSR count). The first kappa shape index (κ1) is 14.2. The fraction of sp³-hybridized carbons (Fsp3) is 1.00. The Balaban J connectivity index is 2.03. The quantitative estimate of drug-likeness (QED) is 0.788. The standard InChI is InChI=1S/C14H23F3O/c15-14(16,17)12-9-5-4-8-11(12)13(18)10-6-2-1-3-7-10/h10-13,18H,1-9H2. The van der Waals surface area contributed by atoms with E-state index in [0.717, 1.165) is 38.5 Å². The summed E-state index contributed by atoms with van der Waals surface area (Å²) in [5, 5.41) is 10.3. The lowest BCUT2D eigenvalue weighted by Crippen LogP contribution is -2.42. The van der Waals surface area contributed by atoms with Crippen LogP contribution < -0.4 is 0 Å².